The summed E-state index contributed by atoms with van der Waals surface area (Å²) in [4.78, 5) is 8.90. The van der Waals surface area contributed by atoms with E-state index in [9.17, 15) is 20.4 Å². The molecule has 1 fully saturated rings. The van der Waals surface area contributed by atoms with E-state index in [4.69, 9.17) is 4.74 Å². The molecule has 1 aliphatic heterocycles. The molecular weight excluding hydrogens is 424 g/mol. The van der Waals surface area contributed by atoms with Crippen LogP contribution < -0.4 is 5.32 Å². The van der Waals surface area contributed by atoms with Gasteiger partial charge in [0.1, 0.15) is 35.6 Å². The number of hydrogen-bond acceptors (Lipinski definition) is 8. The van der Waals surface area contributed by atoms with Gasteiger partial charge in [0.25, 0.3) is 0 Å². The maximum Gasteiger partial charge on any atom is 0.165 e. The number of para-hydroxylation sites is 1. The van der Waals surface area contributed by atoms with Gasteiger partial charge in [-0.3, -0.25) is 0 Å². The molecule has 0 unspecified atom stereocenters. The first-order valence-corrected chi connectivity index (χ1v) is 10.6. The number of aliphatic hydroxyl groups is 4. The first-order valence-electron chi connectivity index (χ1n) is 10.6. The molecule has 4 aromatic rings. The van der Waals surface area contributed by atoms with Crippen LogP contribution in [0.5, 0.6) is 0 Å². The summed E-state index contributed by atoms with van der Waals surface area (Å²) in [5.41, 5.74) is 1.31. The lowest BCUT2D eigenvalue weighted by molar-refractivity contribution is -0.149. The van der Waals surface area contributed by atoms with Gasteiger partial charge in [-0.1, -0.05) is 48.5 Å². The summed E-state index contributed by atoms with van der Waals surface area (Å²) in [6.07, 6.45) is -0.792. The van der Waals surface area contributed by atoms with E-state index in [1.54, 1.807) is 10.8 Å². The Morgan fingerprint density at radius 1 is 0.939 bits per heavy atom. The van der Waals surface area contributed by atoms with Crippen LogP contribution in [0.2, 0.25) is 0 Å². The molecule has 5 N–H and O–H groups in total. The van der Waals surface area contributed by atoms with Crippen molar-refractivity contribution in [3.8, 4) is 11.1 Å². The van der Waals surface area contributed by atoms with Gasteiger partial charge in [-0.2, -0.15) is 0 Å². The fourth-order valence-corrected chi connectivity index (χ4v) is 4.25. The third kappa shape index (κ3) is 3.56. The maximum absolute atomic E-state index is 10.8. The number of aliphatic hydroxyl groups excluding tert-OH is 4. The number of benzene rings is 2. The van der Waals surface area contributed by atoms with Crippen LogP contribution in [0.4, 0.5) is 11.5 Å². The Labute approximate surface area is 189 Å². The van der Waals surface area contributed by atoms with Gasteiger partial charge in [-0.25, -0.2) is 9.97 Å². The molecule has 5 rings (SSSR count). The van der Waals surface area contributed by atoms with Crippen LogP contribution in [0.1, 0.15) is 6.23 Å². The molecule has 170 valence electrons. The van der Waals surface area contributed by atoms with Crippen molar-refractivity contribution in [2.45, 2.75) is 24.0 Å². The van der Waals surface area contributed by atoms with E-state index in [0.29, 0.717) is 16.9 Å². The predicted octanol–water partition coefficient (Wildman–Crippen LogP) is 1.82. The topological polar surface area (TPSA) is 133 Å². The molecule has 2 aromatic carbocycles. The first kappa shape index (κ1) is 21.5. The lowest BCUT2D eigenvalue weighted by Crippen LogP contribution is -2.49. The summed E-state index contributed by atoms with van der Waals surface area (Å²) in [5, 5.41) is 44.9. The van der Waals surface area contributed by atoms with Crippen molar-refractivity contribution in [2.24, 2.45) is 0 Å². The fourth-order valence-electron chi connectivity index (χ4n) is 4.25. The minimum Gasteiger partial charge on any atom is -0.393 e. The maximum atomic E-state index is 10.8. The Morgan fingerprint density at radius 3 is 2.24 bits per heavy atom. The highest BCUT2D eigenvalue weighted by Crippen LogP contribution is 2.42. The average molecular weight is 448 g/mol. The number of hydrogen-bond donors (Lipinski definition) is 5. The molecule has 3 atom stereocenters. The Hall–Kier alpha value is -3.34. The highest BCUT2D eigenvalue weighted by Gasteiger charge is 2.54. The average Bonchev–Trinajstić information content (AvgIpc) is 3.37. The zero-order chi connectivity index (χ0) is 23.0. The molecule has 3 heterocycles. The molecule has 0 aliphatic carbocycles. The van der Waals surface area contributed by atoms with Crippen molar-refractivity contribution in [3.05, 3.63) is 73.2 Å². The van der Waals surface area contributed by atoms with Gasteiger partial charge >= 0.3 is 0 Å². The van der Waals surface area contributed by atoms with Crippen LogP contribution in [0, 0.1) is 0 Å². The number of nitrogens with one attached hydrogen (secondary N) is 1. The summed E-state index contributed by atoms with van der Waals surface area (Å²) in [6.45, 7) is -1.31. The lowest BCUT2D eigenvalue weighted by atomic mass is 9.97. The molecule has 0 bridgehead atoms. The summed E-state index contributed by atoms with van der Waals surface area (Å²) >= 11 is 0. The Morgan fingerprint density at radius 2 is 1.61 bits per heavy atom. The third-order valence-corrected chi connectivity index (χ3v) is 6.05. The van der Waals surface area contributed by atoms with E-state index in [2.05, 4.69) is 15.3 Å². The van der Waals surface area contributed by atoms with Crippen molar-refractivity contribution in [2.75, 3.05) is 18.5 Å². The summed E-state index contributed by atoms with van der Waals surface area (Å²) in [7, 11) is 0. The van der Waals surface area contributed by atoms with Crippen molar-refractivity contribution >= 4 is 22.5 Å². The van der Waals surface area contributed by atoms with Gasteiger partial charge in [0.15, 0.2) is 6.23 Å². The highest BCUT2D eigenvalue weighted by molar-refractivity contribution is 6.02. The zero-order valence-corrected chi connectivity index (χ0v) is 17.6. The molecule has 0 amide bonds. The first-order chi connectivity index (χ1) is 16.1. The number of rotatable bonds is 6. The van der Waals surface area contributed by atoms with Gasteiger partial charge in [-0.05, 0) is 17.7 Å². The lowest BCUT2D eigenvalue weighted by Gasteiger charge is -2.27. The van der Waals surface area contributed by atoms with E-state index in [0.717, 1.165) is 16.8 Å². The van der Waals surface area contributed by atoms with Gasteiger partial charge in [0, 0.05) is 17.4 Å². The normalized spacial score (nSPS) is 22.0. The van der Waals surface area contributed by atoms with Crippen LogP contribution in [0.25, 0.3) is 22.2 Å². The molecule has 9 heteroatoms. The minimum absolute atomic E-state index is 0.463. The van der Waals surface area contributed by atoms with Gasteiger partial charge in [0.2, 0.25) is 0 Å². The highest BCUT2D eigenvalue weighted by atomic mass is 16.6. The Bertz CT molecular complexity index is 1240. The summed E-state index contributed by atoms with van der Waals surface area (Å²) in [6, 6.07) is 19.2. The van der Waals surface area contributed by atoms with Crippen LogP contribution in [0.15, 0.2) is 73.2 Å². The predicted molar refractivity (Wildman–Crippen MR) is 122 cm³/mol. The molecular formula is C24H24N4O5. The van der Waals surface area contributed by atoms with Crippen molar-refractivity contribution in [1.82, 2.24) is 14.5 Å². The third-order valence-electron chi connectivity index (χ3n) is 6.05. The molecule has 9 nitrogen and oxygen atoms in total. The van der Waals surface area contributed by atoms with E-state index in [1.807, 2.05) is 60.7 Å². The SMILES string of the molecule is OCC1(CO)O[C@@H](n2cc(-c3ccccc3)c3c(Nc4ccccc4)ncnc32)[C@H](O)[C@@H]1O. The number of nitrogens with zero attached hydrogens (tertiary/aromatic N) is 3. The van der Waals surface area contributed by atoms with Crippen molar-refractivity contribution < 1.29 is 25.2 Å². The van der Waals surface area contributed by atoms with E-state index >= 15 is 0 Å². The number of ether oxygens (including phenoxy) is 1. The molecule has 0 spiro atoms. The van der Waals surface area contributed by atoms with E-state index in [1.165, 1.54) is 6.33 Å². The minimum atomic E-state index is -1.69. The molecule has 33 heavy (non-hydrogen) atoms. The van der Waals surface area contributed by atoms with Gasteiger partial charge in [0.05, 0.1) is 18.6 Å². The smallest absolute Gasteiger partial charge is 0.165 e. The van der Waals surface area contributed by atoms with Crippen molar-refractivity contribution in [3.63, 3.8) is 0 Å². The van der Waals surface area contributed by atoms with Crippen LogP contribution >= 0.6 is 0 Å². The van der Waals surface area contributed by atoms with Crippen LogP contribution in [-0.2, 0) is 4.74 Å². The molecule has 0 radical (unpaired) electrons. The van der Waals surface area contributed by atoms with Crippen molar-refractivity contribution in [1.29, 1.82) is 0 Å². The Balaban J connectivity index is 1.69. The van der Waals surface area contributed by atoms with Crippen LogP contribution in [0.3, 0.4) is 0 Å². The fraction of sp³-hybridized carbons (Fsp3) is 0.250. The molecule has 1 saturated heterocycles. The molecule has 2 aromatic heterocycles. The second-order valence-corrected chi connectivity index (χ2v) is 8.05. The molecule has 1 aliphatic rings. The second kappa shape index (κ2) is 8.54. The zero-order valence-electron chi connectivity index (χ0n) is 17.6. The van der Waals surface area contributed by atoms with E-state index < -0.39 is 37.3 Å². The molecule has 0 saturated carbocycles. The number of aromatic nitrogens is 3. The second-order valence-electron chi connectivity index (χ2n) is 8.05. The largest absolute Gasteiger partial charge is 0.393 e. The number of anilines is 2. The van der Waals surface area contributed by atoms with E-state index in [-0.39, 0.29) is 0 Å². The Kier molecular flexibility index (Phi) is 5.57. The quantitative estimate of drug-likeness (QED) is 0.302. The standard InChI is InChI=1S/C24H24N4O5/c29-12-24(13-30)20(32)19(31)23(33-24)28-11-17(15-7-3-1-4-8-15)18-21(25-14-26-22(18)28)27-16-9-5-2-6-10-16/h1-11,14,19-20,23,29-32H,12-13H2,(H,25,26,27)/t19-,20+,23-/m1/s1. The van der Waals surface area contributed by atoms with Gasteiger partial charge in [-0.15, -0.1) is 0 Å². The summed E-state index contributed by atoms with van der Waals surface area (Å²) in [5.74, 6) is 0.562. The van der Waals surface area contributed by atoms with Gasteiger partial charge < -0.3 is 35.0 Å². The number of fused-ring (bicyclic) bond motifs is 1. The summed E-state index contributed by atoms with van der Waals surface area (Å²) < 4.78 is 7.46. The van der Waals surface area contributed by atoms with Crippen LogP contribution in [-0.4, -0.2) is 66.0 Å². The monoisotopic (exact) mass is 448 g/mol.